The molecule has 2 heterocycles. The summed E-state index contributed by atoms with van der Waals surface area (Å²) in [4.78, 5) is 9.35. The highest BCUT2D eigenvalue weighted by Gasteiger charge is 2.29. The molecule has 6 heteroatoms. The minimum absolute atomic E-state index is 0.0732. The normalized spacial score (nSPS) is 22.4. The van der Waals surface area contributed by atoms with Gasteiger partial charge >= 0.3 is 0 Å². The van der Waals surface area contributed by atoms with Crippen molar-refractivity contribution in [3.05, 3.63) is 16.1 Å². The Morgan fingerprint density at radius 3 is 2.78 bits per heavy atom. The third-order valence-electron chi connectivity index (χ3n) is 3.87. The van der Waals surface area contributed by atoms with Gasteiger partial charge in [0.2, 0.25) is 0 Å². The van der Waals surface area contributed by atoms with Crippen LogP contribution in [0.3, 0.4) is 0 Å². The van der Waals surface area contributed by atoms with E-state index in [0.29, 0.717) is 6.54 Å². The third kappa shape index (κ3) is 5.46. The minimum atomic E-state index is -0.0732. The standard InChI is InChI=1S/C17H30N4OS/c1-6-18-15(20-12-17(5)8-7-9-22-17)19-10-13-11-23-14(21-13)16(2,3)4/h11H,6-10,12H2,1-5H3,(H2,18,19,20). The van der Waals surface area contributed by atoms with Crippen LogP contribution in [0.4, 0.5) is 0 Å². The topological polar surface area (TPSA) is 58.5 Å². The molecular formula is C17H30N4OS. The number of rotatable bonds is 5. The fourth-order valence-electron chi connectivity index (χ4n) is 2.47. The molecule has 0 amide bonds. The van der Waals surface area contributed by atoms with Gasteiger partial charge in [-0.05, 0) is 26.7 Å². The SMILES string of the molecule is CCNC(=NCc1csc(C(C)(C)C)n1)NCC1(C)CCCO1. The lowest BCUT2D eigenvalue weighted by Gasteiger charge is -2.24. The van der Waals surface area contributed by atoms with Crippen LogP contribution in [0.2, 0.25) is 0 Å². The van der Waals surface area contributed by atoms with Crippen molar-refractivity contribution in [1.82, 2.24) is 15.6 Å². The molecule has 0 aliphatic carbocycles. The number of thiazole rings is 1. The van der Waals surface area contributed by atoms with E-state index in [-0.39, 0.29) is 11.0 Å². The number of aliphatic imine (C=N–C) groups is 1. The largest absolute Gasteiger partial charge is 0.373 e. The average Bonchev–Trinajstić information content (AvgIpc) is 3.11. The summed E-state index contributed by atoms with van der Waals surface area (Å²) >= 11 is 1.71. The molecule has 1 aromatic heterocycles. The number of hydrogen-bond donors (Lipinski definition) is 2. The molecule has 1 aromatic rings. The minimum Gasteiger partial charge on any atom is -0.373 e. The van der Waals surface area contributed by atoms with Gasteiger partial charge in [-0.2, -0.15) is 0 Å². The molecule has 0 saturated carbocycles. The van der Waals surface area contributed by atoms with Gasteiger partial charge in [-0.3, -0.25) is 0 Å². The second-order valence-corrected chi connectivity index (χ2v) is 8.20. The Kier molecular flexibility index (Phi) is 6.03. The first-order valence-corrected chi connectivity index (χ1v) is 9.31. The van der Waals surface area contributed by atoms with Crippen molar-refractivity contribution in [3.8, 4) is 0 Å². The molecule has 1 atom stereocenters. The van der Waals surface area contributed by atoms with Gasteiger partial charge in [0.1, 0.15) is 0 Å². The molecule has 1 fully saturated rings. The lowest BCUT2D eigenvalue weighted by molar-refractivity contribution is 0.0243. The van der Waals surface area contributed by atoms with Crippen molar-refractivity contribution in [2.75, 3.05) is 19.7 Å². The lowest BCUT2D eigenvalue weighted by Crippen LogP contribution is -2.45. The summed E-state index contributed by atoms with van der Waals surface area (Å²) in [5.41, 5.74) is 1.06. The van der Waals surface area contributed by atoms with E-state index in [1.54, 1.807) is 11.3 Å². The van der Waals surface area contributed by atoms with Gasteiger partial charge in [0.25, 0.3) is 0 Å². The highest BCUT2D eigenvalue weighted by molar-refractivity contribution is 7.09. The Bertz CT molecular complexity index is 527. The molecule has 1 unspecified atom stereocenters. The Balaban J connectivity index is 1.94. The molecule has 23 heavy (non-hydrogen) atoms. The highest BCUT2D eigenvalue weighted by atomic mass is 32.1. The zero-order valence-corrected chi connectivity index (χ0v) is 15.8. The summed E-state index contributed by atoms with van der Waals surface area (Å²) in [7, 11) is 0. The maximum absolute atomic E-state index is 5.82. The third-order valence-corrected chi connectivity index (χ3v) is 5.18. The van der Waals surface area contributed by atoms with Gasteiger partial charge in [0.05, 0.1) is 22.8 Å². The summed E-state index contributed by atoms with van der Waals surface area (Å²) in [5.74, 6) is 0.828. The first-order chi connectivity index (χ1) is 10.8. The van der Waals surface area contributed by atoms with Crippen molar-refractivity contribution >= 4 is 17.3 Å². The lowest BCUT2D eigenvalue weighted by atomic mass is 9.98. The summed E-state index contributed by atoms with van der Waals surface area (Å²) in [6, 6.07) is 0. The van der Waals surface area contributed by atoms with Crippen LogP contribution in [-0.4, -0.2) is 36.2 Å². The average molecular weight is 339 g/mol. The first kappa shape index (κ1) is 18.2. The zero-order valence-electron chi connectivity index (χ0n) is 15.0. The number of guanidine groups is 1. The molecule has 2 rings (SSSR count). The summed E-state index contributed by atoms with van der Waals surface area (Å²) in [6.45, 7) is 13.9. The molecule has 5 nitrogen and oxygen atoms in total. The second kappa shape index (κ2) is 7.62. The van der Waals surface area contributed by atoms with Crippen LogP contribution in [-0.2, 0) is 16.7 Å². The molecule has 0 aromatic carbocycles. The van der Waals surface area contributed by atoms with Crippen molar-refractivity contribution in [2.45, 2.75) is 65.0 Å². The Hall–Kier alpha value is -1.14. The monoisotopic (exact) mass is 338 g/mol. The molecule has 130 valence electrons. The Morgan fingerprint density at radius 2 is 2.22 bits per heavy atom. The molecular weight excluding hydrogens is 308 g/mol. The van der Waals surface area contributed by atoms with Crippen molar-refractivity contribution in [3.63, 3.8) is 0 Å². The van der Waals surface area contributed by atoms with Gasteiger partial charge in [-0.1, -0.05) is 20.8 Å². The fraction of sp³-hybridized carbons (Fsp3) is 0.765. The Labute approximate surface area is 144 Å². The first-order valence-electron chi connectivity index (χ1n) is 8.43. The van der Waals surface area contributed by atoms with Gasteiger partial charge in [0.15, 0.2) is 5.96 Å². The number of nitrogens with zero attached hydrogens (tertiary/aromatic N) is 2. The van der Waals surface area contributed by atoms with Crippen LogP contribution in [0, 0.1) is 0 Å². The number of hydrogen-bond acceptors (Lipinski definition) is 4. The van der Waals surface area contributed by atoms with E-state index < -0.39 is 0 Å². The van der Waals surface area contributed by atoms with Crippen LogP contribution in [0.5, 0.6) is 0 Å². The zero-order chi connectivity index (χ0) is 16.9. The van der Waals surface area contributed by atoms with Crippen molar-refractivity contribution in [2.24, 2.45) is 4.99 Å². The van der Waals surface area contributed by atoms with Gasteiger partial charge in [-0.25, -0.2) is 9.98 Å². The summed E-state index contributed by atoms with van der Waals surface area (Å²) in [6.07, 6.45) is 2.24. The number of ether oxygens (including phenoxy) is 1. The summed E-state index contributed by atoms with van der Waals surface area (Å²) < 4.78 is 5.82. The van der Waals surface area contributed by atoms with E-state index in [1.807, 2.05) is 0 Å². The van der Waals surface area contributed by atoms with Crippen LogP contribution in [0.1, 0.15) is 58.2 Å². The van der Waals surface area contributed by atoms with Crippen LogP contribution >= 0.6 is 11.3 Å². The van der Waals surface area contributed by atoms with Crippen molar-refractivity contribution in [1.29, 1.82) is 0 Å². The molecule has 2 N–H and O–H groups in total. The predicted molar refractivity (Wildman–Crippen MR) is 97.2 cm³/mol. The summed E-state index contributed by atoms with van der Waals surface area (Å²) in [5, 5.41) is 9.96. The van der Waals surface area contributed by atoms with E-state index in [0.717, 1.165) is 49.2 Å². The molecule has 1 saturated heterocycles. The molecule has 0 spiro atoms. The van der Waals surface area contributed by atoms with Crippen LogP contribution < -0.4 is 10.6 Å². The number of nitrogens with one attached hydrogen (secondary N) is 2. The van der Waals surface area contributed by atoms with E-state index in [2.05, 4.69) is 55.6 Å². The van der Waals surface area contributed by atoms with Crippen LogP contribution in [0.25, 0.3) is 0 Å². The Morgan fingerprint density at radius 1 is 1.43 bits per heavy atom. The van der Waals surface area contributed by atoms with Crippen molar-refractivity contribution < 1.29 is 4.74 Å². The van der Waals surface area contributed by atoms with E-state index in [1.165, 1.54) is 0 Å². The maximum atomic E-state index is 5.82. The number of aromatic nitrogens is 1. The van der Waals surface area contributed by atoms with E-state index in [4.69, 9.17) is 9.72 Å². The molecule has 0 bridgehead atoms. The second-order valence-electron chi connectivity index (χ2n) is 7.34. The van der Waals surface area contributed by atoms with Gasteiger partial charge in [0, 0.05) is 30.5 Å². The maximum Gasteiger partial charge on any atom is 0.191 e. The van der Waals surface area contributed by atoms with E-state index in [9.17, 15) is 0 Å². The smallest absolute Gasteiger partial charge is 0.191 e. The highest BCUT2D eigenvalue weighted by Crippen LogP contribution is 2.26. The van der Waals surface area contributed by atoms with Crippen LogP contribution in [0.15, 0.2) is 10.4 Å². The quantitative estimate of drug-likeness (QED) is 0.640. The molecule has 1 aliphatic rings. The van der Waals surface area contributed by atoms with E-state index >= 15 is 0 Å². The molecule has 1 aliphatic heterocycles. The predicted octanol–water partition coefficient (Wildman–Crippen LogP) is 3.06. The van der Waals surface area contributed by atoms with Gasteiger partial charge < -0.3 is 15.4 Å². The fourth-order valence-corrected chi connectivity index (χ4v) is 3.37. The van der Waals surface area contributed by atoms with Gasteiger partial charge in [-0.15, -0.1) is 11.3 Å². The molecule has 0 radical (unpaired) electrons.